The molecule has 2 aromatic heterocycles. The molecular formula is C25H23BrN4O2S. The molecule has 2 N–H and O–H groups in total. The van der Waals surface area contributed by atoms with Gasteiger partial charge in [-0.25, -0.2) is 4.21 Å². The predicted molar refractivity (Wildman–Crippen MR) is 134 cm³/mol. The fourth-order valence-corrected chi connectivity index (χ4v) is 4.71. The number of aromatic nitrogens is 2. The number of nitrogens with zero attached hydrogens (tertiary/aromatic N) is 3. The van der Waals surface area contributed by atoms with Gasteiger partial charge in [-0.2, -0.15) is 5.26 Å². The van der Waals surface area contributed by atoms with Crippen molar-refractivity contribution in [1.29, 1.82) is 5.26 Å². The van der Waals surface area contributed by atoms with Gasteiger partial charge in [0.25, 0.3) is 0 Å². The summed E-state index contributed by atoms with van der Waals surface area (Å²) in [5, 5.41) is 20.2. The molecule has 2 heterocycles. The van der Waals surface area contributed by atoms with Gasteiger partial charge in [-0.05, 0) is 68.5 Å². The fourth-order valence-electron chi connectivity index (χ4n) is 4.01. The summed E-state index contributed by atoms with van der Waals surface area (Å²) >= 11 is 3.47. The predicted octanol–water partition coefficient (Wildman–Crippen LogP) is 5.64. The van der Waals surface area contributed by atoms with Gasteiger partial charge in [0.05, 0.1) is 21.3 Å². The molecule has 0 aliphatic rings. The zero-order valence-corrected chi connectivity index (χ0v) is 20.7. The van der Waals surface area contributed by atoms with Crippen LogP contribution in [0.2, 0.25) is 0 Å². The van der Waals surface area contributed by atoms with E-state index in [9.17, 15) is 4.21 Å². The molecule has 168 valence electrons. The molecule has 0 spiro atoms. The average Bonchev–Trinajstić information content (AvgIpc) is 3.21. The Balaban J connectivity index is 1.81. The average molecular weight is 523 g/mol. The van der Waals surface area contributed by atoms with Crippen molar-refractivity contribution in [2.45, 2.75) is 37.4 Å². The lowest BCUT2D eigenvalue weighted by atomic mass is 9.83. The number of nitrogens with two attached hydrogens (primary N) is 1. The Morgan fingerprint density at radius 1 is 1.21 bits per heavy atom. The number of fused-ring (bicyclic) bond motifs is 1. The van der Waals surface area contributed by atoms with Crippen LogP contribution in [0.4, 0.5) is 0 Å². The molecule has 0 radical (unpaired) electrons. The summed E-state index contributed by atoms with van der Waals surface area (Å²) in [6.45, 7) is 3.82. The van der Waals surface area contributed by atoms with Crippen LogP contribution in [0.25, 0.3) is 22.2 Å². The number of pyridine rings is 1. The molecule has 33 heavy (non-hydrogen) atoms. The van der Waals surface area contributed by atoms with Crippen LogP contribution >= 0.6 is 15.9 Å². The molecule has 8 heteroatoms. The van der Waals surface area contributed by atoms with Gasteiger partial charge < -0.3 is 4.52 Å². The van der Waals surface area contributed by atoms with Crippen LogP contribution in [0, 0.1) is 11.3 Å². The van der Waals surface area contributed by atoms with Crippen molar-refractivity contribution in [1.82, 2.24) is 10.1 Å². The third kappa shape index (κ3) is 5.06. The standard InChI is InChI=1S/C25H23BrN4O2S/c1-25(2,33(28)31)13-17(11-19-9-7-16(14-27)15-29-19)20-5-3-4-6-21(20)24-22-10-8-18(26)12-23(22)32-30-24/h3-10,12,15,17H,11,13,28H2,1-2H3/t17-,33?/m0/s1. The van der Waals surface area contributed by atoms with Gasteiger partial charge in [0, 0.05) is 27.3 Å². The van der Waals surface area contributed by atoms with Gasteiger partial charge >= 0.3 is 0 Å². The summed E-state index contributed by atoms with van der Waals surface area (Å²) in [6, 6.07) is 19.6. The van der Waals surface area contributed by atoms with E-state index < -0.39 is 15.7 Å². The summed E-state index contributed by atoms with van der Waals surface area (Å²) in [7, 11) is -1.50. The van der Waals surface area contributed by atoms with Crippen LogP contribution in [0.3, 0.4) is 0 Å². The summed E-state index contributed by atoms with van der Waals surface area (Å²) in [5.74, 6) is -0.0358. The second kappa shape index (κ2) is 9.56. The van der Waals surface area contributed by atoms with E-state index in [2.05, 4.69) is 38.2 Å². The van der Waals surface area contributed by atoms with Crippen LogP contribution in [0.15, 0.2) is 69.8 Å². The maximum absolute atomic E-state index is 12.3. The Kier molecular flexibility index (Phi) is 6.75. The maximum Gasteiger partial charge on any atom is 0.168 e. The highest BCUT2D eigenvalue weighted by Crippen LogP contribution is 2.39. The molecule has 4 rings (SSSR count). The van der Waals surface area contributed by atoms with Gasteiger partial charge in [-0.3, -0.25) is 10.1 Å². The first-order valence-corrected chi connectivity index (χ1v) is 12.4. The number of hydrogen-bond donors (Lipinski definition) is 1. The molecule has 0 fully saturated rings. The van der Waals surface area contributed by atoms with Gasteiger partial charge in [0.1, 0.15) is 11.8 Å². The number of halogens is 1. The van der Waals surface area contributed by atoms with E-state index in [1.54, 1.807) is 12.3 Å². The molecule has 2 aromatic carbocycles. The first kappa shape index (κ1) is 23.3. The summed E-state index contributed by atoms with van der Waals surface area (Å²) < 4.78 is 18.2. The van der Waals surface area contributed by atoms with E-state index in [0.29, 0.717) is 24.0 Å². The Bertz CT molecular complexity index is 1360. The molecule has 0 saturated heterocycles. The summed E-state index contributed by atoms with van der Waals surface area (Å²) in [6.07, 6.45) is 2.76. The maximum atomic E-state index is 12.3. The number of hydrogen-bond acceptors (Lipinski definition) is 5. The lowest BCUT2D eigenvalue weighted by Gasteiger charge is -2.28. The molecule has 2 atom stereocenters. The largest absolute Gasteiger partial charge is 0.356 e. The highest BCUT2D eigenvalue weighted by molar-refractivity contribution is 9.10. The molecule has 0 aliphatic heterocycles. The molecule has 1 unspecified atom stereocenters. The van der Waals surface area contributed by atoms with Crippen molar-refractivity contribution in [3.8, 4) is 17.3 Å². The topological polar surface area (TPSA) is 106 Å². The zero-order valence-electron chi connectivity index (χ0n) is 18.3. The van der Waals surface area contributed by atoms with Crippen molar-refractivity contribution < 1.29 is 8.73 Å². The molecule has 4 aromatic rings. The fraction of sp³-hybridized carbons (Fsp3) is 0.240. The first-order chi connectivity index (χ1) is 15.8. The molecule has 0 bridgehead atoms. The zero-order chi connectivity index (χ0) is 23.6. The number of rotatable bonds is 7. The molecule has 0 amide bonds. The number of nitriles is 1. The van der Waals surface area contributed by atoms with Crippen LogP contribution in [0.1, 0.15) is 43.0 Å². The van der Waals surface area contributed by atoms with Crippen LogP contribution in [-0.2, 0) is 17.4 Å². The lowest BCUT2D eigenvalue weighted by Crippen LogP contribution is -2.34. The van der Waals surface area contributed by atoms with Gasteiger partial charge in [0.15, 0.2) is 5.58 Å². The van der Waals surface area contributed by atoms with Crippen molar-refractivity contribution >= 4 is 37.9 Å². The Morgan fingerprint density at radius 2 is 2.00 bits per heavy atom. The SMILES string of the molecule is CC(C)(C[C@H](Cc1ccc(C#N)cn1)c1ccccc1-c1noc2cc(Br)ccc12)S(N)=O. The summed E-state index contributed by atoms with van der Waals surface area (Å²) in [5.41, 5.74) is 4.83. The molecule has 0 aliphatic carbocycles. The molecular weight excluding hydrogens is 500 g/mol. The van der Waals surface area contributed by atoms with Crippen LogP contribution < -0.4 is 5.14 Å². The minimum absolute atomic E-state index is 0.0358. The third-order valence-electron chi connectivity index (χ3n) is 5.78. The minimum atomic E-state index is -1.50. The summed E-state index contributed by atoms with van der Waals surface area (Å²) in [4.78, 5) is 4.47. The van der Waals surface area contributed by atoms with E-state index in [-0.39, 0.29) is 5.92 Å². The van der Waals surface area contributed by atoms with E-state index >= 15 is 0 Å². The quantitative estimate of drug-likeness (QED) is 0.337. The van der Waals surface area contributed by atoms with E-state index in [1.165, 1.54) is 0 Å². The molecule has 0 saturated carbocycles. The Labute approximate surface area is 203 Å². The van der Waals surface area contributed by atoms with Crippen molar-refractivity contribution in [3.05, 3.63) is 82.1 Å². The van der Waals surface area contributed by atoms with E-state index in [0.717, 1.165) is 32.4 Å². The highest BCUT2D eigenvalue weighted by atomic mass is 79.9. The second-order valence-electron chi connectivity index (χ2n) is 8.57. The lowest BCUT2D eigenvalue weighted by molar-refractivity contribution is 0.459. The van der Waals surface area contributed by atoms with Crippen molar-refractivity contribution in [2.75, 3.05) is 0 Å². The third-order valence-corrected chi connectivity index (χ3v) is 7.53. The highest BCUT2D eigenvalue weighted by Gasteiger charge is 2.31. The van der Waals surface area contributed by atoms with Crippen molar-refractivity contribution in [2.24, 2.45) is 5.14 Å². The first-order valence-electron chi connectivity index (χ1n) is 10.4. The van der Waals surface area contributed by atoms with Crippen molar-refractivity contribution in [3.63, 3.8) is 0 Å². The monoisotopic (exact) mass is 522 g/mol. The van der Waals surface area contributed by atoms with Gasteiger partial charge in [0.2, 0.25) is 0 Å². The van der Waals surface area contributed by atoms with Gasteiger partial charge in [-0.1, -0.05) is 45.4 Å². The normalized spacial score (nSPS) is 13.5. The molecule has 6 nitrogen and oxygen atoms in total. The van der Waals surface area contributed by atoms with E-state index in [1.807, 2.05) is 56.3 Å². The van der Waals surface area contributed by atoms with Crippen LogP contribution in [-0.4, -0.2) is 19.1 Å². The van der Waals surface area contributed by atoms with E-state index in [4.69, 9.17) is 14.9 Å². The Hall–Kier alpha value is -2.86. The second-order valence-corrected chi connectivity index (χ2v) is 11.2. The Morgan fingerprint density at radius 3 is 2.70 bits per heavy atom. The van der Waals surface area contributed by atoms with Gasteiger partial charge in [-0.15, -0.1) is 0 Å². The smallest absolute Gasteiger partial charge is 0.168 e. The number of benzene rings is 2. The van der Waals surface area contributed by atoms with Crippen LogP contribution in [0.5, 0.6) is 0 Å². The minimum Gasteiger partial charge on any atom is -0.356 e.